The molecule has 0 bridgehead atoms. The number of benzene rings is 2. The van der Waals surface area contributed by atoms with Crippen LogP contribution in [-0.4, -0.2) is 10.2 Å². The molecule has 0 radical (unpaired) electrons. The molecule has 0 aliphatic carbocycles. The van der Waals surface area contributed by atoms with Gasteiger partial charge in [0.25, 0.3) is 0 Å². The van der Waals surface area contributed by atoms with Crippen molar-refractivity contribution in [1.82, 2.24) is 0 Å². The number of phenols is 2. The first-order valence-electron chi connectivity index (χ1n) is 8.52. The number of hydrogen-bond acceptors (Lipinski definition) is 2. The molecular formula is C19H12F12O2. The van der Waals surface area contributed by atoms with E-state index in [1.807, 2.05) is 0 Å². The van der Waals surface area contributed by atoms with Gasteiger partial charge in [-0.3, -0.25) is 0 Å². The monoisotopic (exact) mass is 500 g/mol. The fraction of sp³-hybridized carbons (Fsp3) is 0.368. The van der Waals surface area contributed by atoms with Gasteiger partial charge in [-0.25, -0.2) is 0 Å². The molecule has 0 aliphatic heterocycles. The summed E-state index contributed by atoms with van der Waals surface area (Å²) in [6, 6.07) is -0.00812. The summed E-state index contributed by atoms with van der Waals surface area (Å²) in [6.07, 6.45) is -22.2. The van der Waals surface area contributed by atoms with Crippen molar-refractivity contribution < 1.29 is 62.9 Å². The van der Waals surface area contributed by atoms with Crippen LogP contribution in [0.4, 0.5) is 52.7 Å². The van der Waals surface area contributed by atoms with Crippen LogP contribution in [0.1, 0.15) is 47.2 Å². The van der Waals surface area contributed by atoms with Gasteiger partial charge in [0.2, 0.25) is 0 Å². The van der Waals surface area contributed by atoms with Gasteiger partial charge >= 0.3 is 24.7 Å². The molecule has 0 fully saturated rings. The average Bonchev–Trinajstić information content (AvgIpc) is 2.57. The van der Waals surface area contributed by atoms with E-state index in [9.17, 15) is 62.9 Å². The van der Waals surface area contributed by atoms with Gasteiger partial charge in [0, 0.05) is 5.41 Å². The van der Waals surface area contributed by atoms with Gasteiger partial charge in [0.15, 0.2) is 0 Å². The van der Waals surface area contributed by atoms with Crippen molar-refractivity contribution >= 4 is 0 Å². The zero-order valence-corrected chi connectivity index (χ0v) is 16.2. The van der Waals surface area contributed by atoms with Crippen molar-refractivity contribution in [2.24, 2.45) is 0 Å². The normalized spacial score (nSPS) is 14.0. The van der Waals surface area contributed by atoms with Crippen LogP contribution in [0, 0.1) is 0 Å². The van der Waals surface area contributed by atoms with Crippen LogP contribution in [0.15, 0.2) is 24.3 Å². The molecule has 0 unspecified atom stereocenters. The van der Waals surface area contributed by atoms with Gasteiger partial charge in [-0.1, -0.05) is 13.8 Å². The van der Waals surface area contributed by atoms with E-state index in [1.165, 1.54) is 0 Å². The van der Waals surface area contributed by atoms with Crippen molar-refractivity contribution in [3.8, 4) is 11.5 Å². The number of phenolic OH excluding ortho intramolecular Hbond substituents is 2. The molecule has 2 aromatic carbocycles. The Morgan fingerprint density at radius 2 is 0.636 bits per heavy atom. The molecular weight excluding hydrogens is 488 g/mol. The molecule has 2 aromatic rings. The van der Waals surface area contributed by atoms with E-state index >= 15 is 0 Å². The topological polar surface area (TPSA) is 40.5 Å². The van der Waals surface area contributed by atoms with Gasteiger partial charge < -0.3 is 10.2 Å². The lowest BCUT2D eigenvalue weighted by molar-refractivity contribution is -0.147. The molecule has 33 heavy (non-hydrogen) atoms. The fourth-order valence-electron chi connectivity index (χ4n) is 3.02. The van der Waals surface area contributed by atoms with E-state index in [-0.39, 0.29) is 24.3 Å². The molecule has 0 saturated carbocycles. The molecule has 0 aliphatic rings. The van der Waals surface area contributed by atoms with Gasteiger partial charge in [-0.2, -0.15) is 52.7 Å². The minimum absolute atomic E-state index is 0.00203. The summed E-state index contributed by atoms with van der Waals surface area (Å²) in [6.45, 7) is 1.57. The Balaban J connectivity index is 2.95. The molecule has 0 saturated heterocycles. The predicted molar refractivity (Wildman–Crippen MR) is 88.3 cm³/mol. The molecule has 2 nitrogen and oxygen atoms in total. The zero-order chi connectivity index (χ0) is 25.9. The second-order valence-corrected chi connectivity index (χ2v) is 7.46. The Morgan fingerprint density at radius 1 is 0.455 bits per heavy atom. The highest BCUT2D eigenvalue weighted by molar-refractivity contribution is 5.54. The third-order valence-corrected chi connectivity index (χ3v) is 4.88. The van der Waals surface area contributed by atoms with Gasteiger partial charge in [0.05, 0.1) is 22.3 Å². The molecule has 0 atom stereocenters. The Morgan fingerprint density at radius 3 is 0.788 bits per heavy atom. The van der Waals surface area contributed by atoms with E-state index < -0.39 is 75.0 Å². The average molecular weight is 500 g/mol. The van der Waals surface area contributed by atoms with E-state index in [0.29, 0.717) is 0 Å². The first-order chi connectivity index (χ1) is 14.5. The molecule has 0 amide bonds. The molecule has 0 spiro atoms. The SMILES string of the molecule is CC(C)(c1cc(C(F)(F)F)c(O)c(C(F)(F)F)c1)c1cc(C(F)(F)F)c(O)c(C(F)(F)F)c1. The summed E-state index contributed by atoms with van der Waals surface area (Å²) < 4.78 is 159. The van der Waals surface area contributed by atoms with Crippen LogP contribution in [-0.2, 0) is 30.1 Å². The van der Waals surface area contributed by atoms with E-state index in [4.69, 9.17) is 0 Å². The highest BCUT2D eigenvalue weighted by Crippen LogP contribution is 2.49. The molecule has 0 aromatic heterocycles. The Bertz CT molecular complexity index is 903. The molecule has 184 valence electrons. The highest BCUT2D eigenvalue weighted by Gasteiger charge is 2.46. The number of hydrogen-bond donors (Lipinski definition) is 2. The first kappa shape index (κ1) is 26.5. The lowest BCUT2D eigenvalue weighted by Gasteiger charge is -2.30. The Kier molecular flexibility index (Phi) is 6.11. The van der Waals surface area contributed by atoms with Crippen LogP contribution in [0.3, 0.4) is 0 Å². The number of halogens is 12. The third kappa shape index (κ3) is 5.08. The molecule has 14 heteroatoms. The lowest BCUT2D eigenvalue weighted by atomic mass is 9.75. The maximum atomic E-state index is 13.2. The summed E-state index contributed by atoms with van der Waals surface area (Å²) >= 11 is 0. The van der Waals surface area contributed by atoms with Crippen LogP contribution in [0.5, 0.6) is 11.5 Å². The van der Waals surface area contributed by atoms with Crippen molar-refractivity contribution in [2.75, 3.05) is 0 Å². The minimum atomic E-state index is -5.54. The van der Waals surface area contributed by atoms with Crippen LogP contribution in [0.2, 0.25) is 0 Å². The largest absolute Gasteiger partial charge is 0.507 e. The van der Waals surface area contributed by atoms with Crippen LogP contribution in [0.25, 0.3) is 0 Å². The van der Waals surface area contributed by atoms with Crippen LogP contribution >= 0.6 is 0 Å². The van der Waals surface area contributed by atoms with Gasteiger partial charge in [0.1, 0.15) is 11.5 Å². The number of aromatic hydroxyl groups is 2. The summed E-state index contributed by atoms with van der Waals surface area (Å²) in [4.78, 5) is 0. The predicted octanol–water partition coefficient (Wildman–Crippen LogP) is 7.50. The third-order valence-electron chi connectivity index (χ3n) is 4.88. The molecule has 2 N–H and O–H groups in total. The van der Waals surface area contributed by atoms with Gasteiger partial charge in [-0.15, -0.1) is 0 Å². The second kappa shape index (κ2) is 7.62. The summed E-state index contributed by atoms with van der Waals surface area (Å²) in [5, 5.41) is 19.0. The van der Waals surface area contributed by atoms with E-state index in [2.05, 4.69) is 0 Å². The van der Waals surface area contributed by atoms with Crippen molar-refractivity contribution in [1.29, 1.82) is 0 Å². The Hall–Kier alpha value is -2.80. The summed E-state index contributed by atoms with van der Waals surface area (Å²) in [7, 11) is 0. The number of alkyl halides is 12. The maximum absolute atomic E-state index is 13.2. The van der Waals surface area contributed by atoms with Crippen LogP contribution < -0.4 is 0 Å². The summed E-state index contributed by atoms with van der Waals surface area (Å²) in [5.41, 5.74) is -13.1. The number of rotatable bonds is 2. The van der Waals surface area contributed by atoms with Crippen molar-refractivity contribution in [3.05, 3.63) is 57.6 Å². The highest BCUT2D eigenvalue weighted by atomic mass is 19.4. The van der Waals surface area contributed by atoms with E-state index in [0.717, 1.165) is 13.8 Å². The zero-order valence-electron chi connectivity index (χ0n) is 16.2. The van der Waals surface area contributed by atoms with E-state index in [1.54, 1.807) is 0 Å². The molecule has 2 rings (SSSR count). The molecule has 0 heterocycles. The van der Waals surface area contributed by atoms with Gasteiger partial charge in [-0.05, 0) is 35.4 Å². The lowest BCUT2D eigenvalue weighted by Crippen LogP contribution is -2.24. The smallest absolute Gasteiger partial charge is 0.419 e. The van der Waals surface area contributed by atoms with Crippen molar-refractivity contribution in [3.63, 3.8) is 0 Å². The first-order valence-corrected chi connectivity index (χ1v) is 8.52. The fourth-order valence-corrected chi connectivity index (χ4v) is 3.02. The quantitative estimate of drug-likeness (QED) is 0.420. The summed E-state index contributed by atoms with van der Waals surface area (Å²) in [5.74, 6) is -4.40. The Labute approximate surface area is 177 Å². The standard InChI is InChI=1S/C19H12F12O2/c1-15(2,7-3-9(16(20,21)22)13(32)10(4-7)17(23,24)25)8-5-11(18(26,27)28)14(33)12(6-8)19(29,30)31/h3-6,32-33H,1-2H3. The van der Waals surface area contributed by atoms with Crippen molar-refractivity contribution in [2.45, 2.75) is 44.0 Å². The maximum Gasteiger partial charge on any atom is 0.419 e. The second-order valence-electron chi connectivity index (χ2n) is 7.46. The minimum Gasteiger partial charge on any atom is -0.507 e.